The molecule has 0 radical (unpaired) electrons. The monoisotopic (exact) mass is 509 g/mol. The number of nitrogens with zero attached hydrogens (tertiary/aromatic N) is 1. The number of likely N-dealkylation sites (N-methyl/N-ethyl adjacent to an activating group) is 1. The van der Waals surface area contributed by atoms with E-state index in [2.05, 4.69) is 10.6 Å². The average molecular weight is 510 g/mol. The molecule has 3 rings (SSSR count). The zero-order valence-electron chi connectivity index (χ0n) is 21.4. The van der Waals surface area contributed by atoms with Gasteiger partial charge < -0.3 is 30.1 Å². The highest BCUT2D eigenvalue weighted by atomic mass is 35.5. The first-order valence-corrected chi connectivity index (χ1v) is 13.6. The fourth-order valence-electron chi connectivity index (χ4n) is 5.54. The van der Waals surface area contributed by atoms with Crippen LogP contribution in [0.5, 0.6) is 0 Å². The predicted molar refractivity (Wildman–Crippen MR) is 140 cm³/mol. The number of hydrogen-bond donors (Lipinski definition) is 3. The van der Waals surface area contributed by atoms with Crippen LogP contribution in [-0.4, -0.2) is 75.2 Å². The summed E-state index contributed by atoms with van der Waals surface area (Å²) in [6.45, 7) is 2.61. The van der Waals surface area contributed by atoms with Gasteiger partial charge in [0.25, 0.3) is 0 Å². The van der Waals surface area contributed by atoms with Crippen LogP contribution in [0.25, 0.3) is 0 Å². The molecule has 0 bridgehead atoms. The number of benzene rings is 1. The summed E-state index contributed by atoms with van der Waals surface area (Å²) in [6, 6.07) is 7.34. The third-order valence-corrected chi connectivity index (χ3v) is 7.72. The number of halogens is 1. The molecule has 1 saturated carbocycles. The molecule has 1 aromatic rings. The third kappa shape index (κ3) is 8.32. The second kappa shape index (κ2) is 14.4. The molecular formula is C27H44ClN3O4. The van der Waals surface area contributed by atoms with Gasteiger partial charge in [-0.2, -0.15) is 0 Å². The molecule has 2 amide bonds. The van der Waals surface area contributed by atoms with Gasteiger partial charge in [0.2, 0.25) is 0 Å². The molecule has 7 nitrogen and oxygen atoms in total. The topological polar surface area (TPSA) is 83.1 Å². The van der Waals surface area contributed by atoms with Crippen LogP contribution < -0.4 is 10.6 Å². The molecule has 8 heteroatoms. The Labute approximate surface area is 215 Å². The lowest BCUT2D eigenvalue weighted by Crippen LogP contribution is -2.58. The number of nitrogens with one attached hydrogen (secondary N) is 2. The molecule has 2 aliphatic rings. The number of urea groups is 1. The lowest BCUT2D eigenvalue weighted by molar-refractivity contribution is -0.146. The first kappa shape index (κ1) is 28.2. The van der Waals surface area contributed by atoms with Crippen LogP contribution in [0.15, 0.2) is 24.3 Å². The Bertz CT molecular complexity index is 777. The molecule has 198 valence electrons. The second-order valence-corrected chi connectivity index (χ2v) is 10.6. The minimum Gasteiger partial charge on any atom is -0.385 e. The Kier molecular flexibility index (Phi) is 11.6. The number of morpholine rings is 1. The molecule has 2 fully saturated rings. The molecule has 1 aliphatic heterocycles. The van der Waals surface area contributed by atoms with E-state index in [1.807, 2.05) is 19.2 Å². The quantitative estimate of drug-likeness (QED) is 0.366. The number of unbranched alkanes of at least 4 members (excludes halogenated alkanes) is 1. The highest BCUT2D eigenvalue weighted by Crippen LogP contribution is 2.35. The summed E-state index contributed by atoms with van der Waals surface area (Å²) < 4.78 is 11.3. The van der Waals surface area contributed by atoms with Gasteiger partial charge in [-0.1, -0.05) is 55.8 Å². The molecule has 0 aromatic heterocycles. The van der Waals surface area contributed by atoms with Crippen molar-refractivity contribution in [3.8, 4) is 0 Å². The van der Waals surface area contributed by atoms with Gasteiger partial charge in [-0.3, -0.25) is 0 Å². The fourth-order valence-corrected chi connectivity index (χ4v) is 5.73. The van der Waals surface area contributed by atoms with E-state index in [0.717, 1.165) is 31.4 Å². The molecule has 35 heavy (non-hydrogen) atoms. The number of amides is 2. The van der Waals surface area contributed by atoms with Crippen molar-refractivity contribution >= 4 is 17.6 Å². The minimum absolute atomic E-state index is 0.0813. The molecule has 1 aliphatic carbocycles. The molecule has 1 unspecified atom stereocenters. The molecule has 1 heterocycles. The number of aliphatic hydroxyl groups is 1. The Hall–Kier alpha value is -1.38. The van der Waals surface area contributed by atoms with Crippen LogP contribution in [0, 0.1) is 5.92 Å². The molecule has 1 aromatic carbocycles. The van der Waals surface area contributed by atoms with Crippen LogP contribution in [0.2, 0.25) is 5.02 Å². The Balaban J connectivity index is 1.67. The summed E-state index contributed by atoms with van der Waals surface area (Å²) in [5.74, 6) is 0.680. The third-order valence-electron chi connectivity index (χ3n) is 7.49. The first-order chi connectivity index (χ1) is 17.0. The summed E-state index contributed by atoms with van der Waals surface area (Å²) in [6.07, 6.45) is 9.01. The molecule has 3 N–H and O–H groups in total. The summed E-state index contributed by atoms with van der Waals surface area (Å²) in [5.41, 5.74) is -0.524. The fraction of sp³-hybridized carbons (Fsp3) is 0.741. The van der Waals surface area contributed by atoms with Crippen molar-refractivity contribution in [2.24, 2.45) is 5.92 Å². The number of hydrogen-bond acceptors (Lipinski definition) is 5. The zero-order chi connectivity index (χ0) is 25.1. The summed E-state index contributed by atoms with van der Waals surface area (Å²) in [7, 11) is 3.61. The smallest absolute Gasteiger partial charge is 0.317 e. The van der Waals surface area contributed by atoms with Gasteiger partial charge in [-0.05, 0) is 56.3 Å². The number of carbonyl (C=O) groups is 1. The van der Waals surface area contributed by atoms with Crippen LogP contribution in [0.3, 0.4) is 0 Å². The van der Waals surface area contributed by atoms with E-state index in [9.17, 15) is 9.90 Å². The van der Waals surface area contributed by atoms with Crippen molar-refractivity contribution < 1.29 is 19.4 Å². The second-order valence-electron chi connectivity index (χ2n) is 10.1. The van der Waals surface area contributed by atoms with Crippen molar-refractivity contribution in [2.45, 2.75) is 75.5 Å². The van der Waals surface area contributed by atoms with E-state index in [1.54, 1.807) is 24.1 Å². The van der Waals surface area contributed by atoms with E-state index < -0.39 is 11.7 Å². The average Bonchev–Trinajstić information content (AvgIpc) is 2.87. The van der Waals surface area contributed by atoms with Crippen molar-refractivity contribution in [1.29, 1.82) is 0 Å². The van der Waals surface area contributed by atoms with E-state index in [4.69, 9.17) is 21.1 Å². The number of rotatable bonds is 12. The van der Waals surface area contributed by atoms with E-state index in [-0.39, 0.29) is 12.1 Å². The zero-order valence-corrected chi connectivity index (χ0v) is 22.2. The maximum atomic E-state index is 13.3. The van der Waals surface area contributed by atoms with Gasteiger partial charge in [-0.25, -0.2) is 4.79 Å². The lowest BCUT2D eigenvalue weighted by atomic mass is 9.82. The van der Waals surface area contributed by atoms with Gasteiger partial charge in [-0.15, -0.1) is 0 Å². The van der Waals surface area contributed by atoms with Gasteiger partial charge in [0, 0.05) is 37.9 Å². The first-order valence-electron chi connectivity index (χ1n) is 13.2. The van der Waals surface area contributed by atoms with E-state index >= 15 is 0 Å². The lowest BCUT2D eigenvalue weighted by Gasteiger charge is -2.43. The Morgan fingerprint density at radius 2 is 2.11 bits per heavy atom. The number of carbonyl (C=O) groups excluding carboxylic acids is 1. The van der Waals surface area contributed by atoms with Gasteiger partial charge in [0.05, 0.1) is 13.2 Å². The van der Waals surface area contributed by atoms with Crippen LogP contribution >= 0.6 is 11.6 Å². The number of methoxy groups -OCH3 is 1. The summed E-state index contributed by atoms with van der Waals surface area (Å²) in [4.78, 5) is 15.1. The van der Waals surface area contributed by atoms with E-state index in [0.29, 0.717) is 43.7 Å². The van der Waals surface area contributed by atoms with Gasteiger partial charge in [0.1, 0.15) is 11.7 Å². The minimum atomic E-state index is -1.25. The summed E-state index contributed by atoms with van der Waals surface area (Å²) >= 11 is 6.27. The normalized spacial score (nSPS) is 21.9. The summed E-state index contributed by atoms with van der Waals surface area (Å²) in [5, 5.41) is 19.0. The van der Waals surface area contributed by atoms with Crippen molar-refractivity contribution in [3.05, 3.63) is 34.9 Å². The van der Waals surface area contributed by atoms with E-state index in [1.165, 1.54) is 32.1 Å². The molecule has 3 atom stereocenters. The Morgan fingerprint density at radius 1 is 1.31 bits per heavy atom. The van der Waals surface area contributed by atoms with Crippen molar-refractivity contribution in [3.63, 3.8) is 0 Å². The predicted octanol–water partition coefficient (Wildman–Crippen LogP) is 4.31. The SMILES string of the molecule is CNC[C@H](CC1CCCCC1)NC(=O)N1CCOC([C@@](O)(CCCCOC)c2cccc(Cl)c2)C1. The number of ether oxygens (including phenoxy) is 2. The largest absolute Gasteiger partial charge is 0.385 e. The highest BCUT2D eigenvalue weighted by Gasteiger charge is 2.42. The van der Waals surface area contributed by atoms with Crippen molar-refractivity contribution in [1.82, 2.24) is 15.5 Å². The maximum absolute atomic E-state index is 13.3. The van der Waals surface area contributed by atoms with Gasteiger partial charge in [0.15, 0.2) is 0 Å². The molecule has 0 spiro atoms. The van der Waals surface area contributed by atoms with Crippen LogP contribution in [0.4, 0.5) is 4.79 Å². The van der Waals surface area contributed by atoms with Crippen molar-refractivity contribution in [2.75, 3.05) is 47.0 Å². The van der Waals surface area contributed by atoms with Gasteiger partial charge >= 0.3 is 6.03 Å². The maximum Gasteiger partial charge on any atom is 0.317 e. The van der Waals surface area contributed by atoms with Crippen LogP contribution in [-0.2, 0) is 15.1 Å². The highest BCUT2D eigenvalue weighted by molar-refractivity contribution is 6.30. The molecule has 1 saturated heterocycles. The Morgan fingerprint density at radius 3 is 2.83 bits per heavy atom. The van der Waals surface area contributed by atoms with Crippen LogP contribution in [0.1, 0.15) is 63.4 Å². The standard InChI is InChI=1S/C27H44ClN3O4/c1-29-19-24(17-21-9-4-3-5-10-21)30-26(32)31-14-16-35-25(20-31)27(33,13-6-7-15-34-2)22-11-8-12-23(28)18-22/h8,11-12,18,21,24-25,29,33H,3-7,9-10,13-17,19-20H2,1-2H3,(H,30,32)/t24-,25?,27+/m0/s1. The molecular weight excluding hydrogens is 466 g/mol.